The minimum absolute atomic E-state index is 0.00598. The van der Waals surface area contributed by atoms with E-state index in [0.29, 0.717) is 11.5 Å². The molecule has 0 spiro atoms. The van der Waals surface area contributed by atoms with Gasteiger partial charge in [0.15, 0.2) is 0 Å². The van der Waals surface area contributed by atoms with Crippen molar-refractivity contribution in [2.45, 2.75) is 13.0 Å². The van der Waals surface area contributed by atoms with Crippen LogP contribution in [-0.2, 0) is 4.79 Å². The number of amides is 1. The van der Waals surface area contributed by atoms with Gasteiger partial charge in [-0.2, -0.15) is 5.10 Å². The van der Waals surface area contributed by atoms with Crippen LogP contribution >= 0.6 is 0 Å². The summed E-state index contributed by atoms with van der Waals surface area (Å²) < 4.78 is 1.62. The van der Waals surface area contributed by atoms with Crippen molar-refractivity contribution in [3.8, 4) is 0 Å². The molecule has 0 aliphatic carbocycles. The number of carbonyl (C=O) groups excluding carboxylic acids is 1. The molecule has 28 heavy (non-hydrogen) atoms. The molecule has 0 bridgehead atoms. The first-order valence-electron chi connectivity index (χ1n) is 8.75. The lowest BCUT2D eigenvalue weighted by Crippen LogP contribution is -2.25. The van der Waals surface area contributed by atoms with Gasteiger partial charge in [0.2, 0.25) is 0 Å². The third-order valence-electron chi connectivity index (χ3n) is 4.53. The Kier molecular flexibility index (Phi) is 4.41. The van der Waals surface area contributed by atoms with Crippen LogP contribution in [-0.4, -0.2) is 26.8 Å². The molecule has 2 aromatic carbocycles. The maximum absolute atomic E-state index is 12.8. The monoisotopic (exact) mass is 374 g/mol. The number of carboxylic acids is 1. The fourth-order valence-corrected chi connectivity index (χ4v) is 3.20. The van der Waals surface area contributed by atoms with Crippen molar-refractivity contribution in [1.29, 1.82) is 0 Å². The van der Waals surface area contributed by atoms with Crippen LogP contribution in [0.1, 0.15) is 27.5 Å². The quantitative estimate of drug-likeness (QED) is 0.650. The lowest BCUT2D eigenvalue weighted by molar-refractivity contribution is -0.132. The first kappa shape index (κ1) is 17.5. The number of aromatic nitrogens is 2. The number of allylic oxidation sites excluding steroid dienone is 1. The first-order chi connectivity index (χ1) is 13.5. The van der Waals surface area contributed by atoms with Gasteiger partial charge in [-0.1, -0.05) is 42.5 Å². The normalized spacial score (nSPS) is 15.2. The van der Waals surface area contributed by atoms with Crippen molar-refractivity contribution in [2.75, 3.05) is 10.6 Å². The van der Waals surface area contributed by atoms with Gasteiger partial charge in [-0.25, -0.2) is 9.48 Å². The highest BCUT2D eigenvalue weighted by atomic mass is 16.4. The summed E-state index contributed by atoms with van der Waals surface area (Å²) in [4.78, 5) is 24.4. The topological polar surface area (TPSA) is 96.3 Å². The third-order valence-corrected chi connectivity index (χ3v) is 4.53. The number of anilines is 2. The highest BCUT2D eigenvalue weighted by Crippen LogP contribution is 2.32. The molecular weight excluding hydrogens is 356 g/mol. The summed E-state index contributed by atoms with van der Waals surface area (Å²) in [5.74, 6) is -1.12. The second-order valence-electron chi connectivity index (χ2n) is 6.54. The Morgan fingerprint density at radius 1 is 1.14 bits per heavy atom. The van der Waals surface area contributed by atoms with Crippen LogP contribution in [0.25, 0.3) is 0 Å². The van der Waals surface area contributed by atoms with E-state index in [1.54, 1.807) is 16.8 Å². The summed E-state index contributed by atoms with van der Waals surface area (Å²) in [5, 5.41) is 19.5. The van der Waals surface area contributed by atoms with E-state index in [-0.39, 0.29) is 17.2 Å². The van der Waals surface area contributed by atoms with Crippen molar-refractivity contribution >= 4 is 23.4 Å². The molecule has 0 saturated heterocycles. The average molecular weight is 374 g/mol. The lowest BCUT2D eigenvalue weighted by Gasteiger charge is -2.24. The van der Waals surface area contributed by atoms with E-state index in [1.807, 2.05) is 55.5 Å². The molecule has 1 aliphatic heterocycles. The molecule has 3 N–H and O–H groups in total. The fourth-order valence-electron chi connectivity index (χ4n) is 3.20. The van der Waals surface area contributed by atoms with Crippen LogP contribution in [0.2, 0.25) is 0 Å². The number of nitrogens with one attached hydrogen (secondary N) is 2. The summed E-state index contributed by atoms with van der Waals surface area (Å²) in [6.07, 6.45) is 3.03. The number of carbonyl (C=O) groups is 2. The zero-order valence-electron chi connectivity index (χ0n) is 15.1. The number of carboxylic acid groups (broad SMARTS) is 1. The average Bonchev–Trinajstić information content (AvgIpc) is 3.12. The van der Waals surface area contributed by atoms with Crippen LogP contribution in [0.4, 0.5) is 11.5 Å². The smallest absolute Gasteiger partial charge is 0.352 e. The minimum atomic E-state index is -1.10. The summed E-state index contributed by atoms with van der Waals surface area (Å²) >= 11 is 0. The molecule has 0 unspecified atom stereocenters. The minimum Gasteiger partial charge on any atom is -0.477 e. The lowest BCUT2D eigenvalue weighted by atomic mass is 10.0. The van der Waals surface area contributed by atoms with Crippen LogP contribution in [0, 0.1) is 6.92 Å². The maximum Gasteiger partial charge on any atom is 0.352 e. The Hall–Kier alpha value is -3.87. The van der Waals surface area contributed by atoms with Crippen molar-refractivity contribution in [3.05, 3.63) is 89.3 Å². The van der Waals surface area contributed by atoms with Gasteiger partial charge >= 0.3 is 5.97 Å². The number of nitrogens with zero attached hydrogens (tertiary/aromatic N) is 2. The summed E-state index contributed by atoms with van der Waals surface area (Å²) in [6, 6.07) is 16.4. The Labute approximate surface area is 161 Å². The standard InChI is InChI=1S/C21H18N4O3/c1-13-6-5-9-15(10-13)23-20(26)16-12-22-25-18(14-7-3-2-4-8-14)11-17(21(27)28)24-19(16)25/h2-12,18,24H,1H3,(H,23,26)(H,27,28)/t18-/m0/s1. The van der Waals surface area contributed by atoms with Gasteiger partial charge in [-0.3, -0.25) is 4.79 Å². The molecule has 0 fully saturated rings. The number of hydrogen-bond acceptors (Lipinski definition) is 4. The van der Waals surface area contributed by atoms with E-state index in [0.717, 1.165) is 11.1 Å². The number of aliphatic carboxylic acids is 1. The molecule has 7 nitrogen and oxygen atoms in total. The Morgan fingerprint density at radius 2 is 1.93 bits per heavy atom. The van der Waals surface area contributed by atoms with Gasteiger partial charge < -0.3 is 15.7 Å². The molecular formula is C21H18N4O3. The zero-order valence-corrected chi connectivity index (χ0v) is 15.1. The van der Waals surface area contributed by atoms with Crippen LogP contribution in [0.3, 0.4) is 0 Å². The summed E-state index contributed by atoms with van der Waals surface area (Å²) in [6.45, 7) is 1.94. The molecule has 0 saturated carbocycles. The predicted octanol–water partition coefficient (Wildman–Crippen LogP) is 3.43. The van der Waals surface area contributed by atoms with Gasteiger partial charge in [-0.05, 0) is 36.3 Å². The molecule has 140 valence electrons. The predicted molar refractivity (Wildman–Crippen MR) is 105 cm³/mol. The van der Waals surface area contributed by atoms with Crippen LogP contribution in [0.15, 0.2) is 72.6 Å². The van der Waals surface area contributed by atoms with E-state index in [2.05, 4.69) is 15.7 Å². The highest BCUT2D eigenvalue weighted by Gasteiger charge is 2.29. The van der Waals surface area contributed by atoms with Crippen LogP contribution < -0.4 is 10.6 Å². The van der Waals surface area contributed by atoms with E-state index in [1.165, 1.54) is 6.20 Å². The second-order valence-corrected chi connectivity index (χ2v) is 6.54. The second kappa shape index (κ2) is 7.03. The molecule has 4 rings (SSSR count). The number of rotatable bonds is 4. The van der Waals surface area contributed by atoms with Gasteiger partial charge in [0.05, 0.1) is 12.2 Å². The summed E-state index contributed by atoms with van der Waals surface area (Å²) in [5.41, 5.74) is 2.83. The SMILES string of the molecule is Cc1cccc(NC(=O)c2cnn3c2NC(C(=O)O)=C[C@H]3c2ccccc2)c1. The molecule has 0 radical (unpaired) electrons. The molecule has 1 atom stereocenters. The van der Waals surface area contributed by atoms with Crippen molar-refractivity contribution in [1.82, 2.24) is 9.78 Å². The number of hydrogen-bond donors (Lipinski definition) is 3. The van der Waals surface area contributed by atoms with E-state index < -0.39 is 12.0 Å². The molecule has 2 heterocycles. The van der Waals surface area contributed by atoms with E-state index in [9.17, 15) is 14.7 Å². The molecule has 1 aromatic heterocycles. The first-order valence-corrected chi connectivity index (χ1v) is 8.75. The molecule has 7 heteroatoms. The number of fused-ring (bicyclic) bond motifs is 1. The van der Waals surface area contributed by atoms with Gasteiger partial charge in [0, 0.05) is 5.69 Å². The van der Waals surface area contributed by atoms with E-state index in [4.69, 9.17) is 0 Å². The highest BCUT2D eigenvalue weighted by molar-refractivity contribution is 6.08. The maximum atomic E-state index is 12.8. The Balaban J connectivity index is 1.71. The van der Waals surface area contributed by atoms with E-state index >= 15 is 0 Å². The molecule has 1 aliphatic rings. The fraction of sp³-hybridized carbons (Fsp3) is 0.0952. The van der Waals surface area contributed by atoms with Gasteiger partial charge in [0.25, 0.3) is 5.91 Å². The van der Waals surface area contributed by atoms with Crippen molar-refractivity contribution < 1.29 is 14.7 Å². The Morgan fingerprint density at radius 3 is 2.64 bits per heavy atom. The molecule has 3 aromatic rings. The molecule has 1 amide bonds. The van der Waals surface area contributed by atoms with Gasteiger partial charge in [-0.15, -0.1) is 0 Å². The largest absolute Gasteiger partial charge is 0.477 e. The summed E-state index contributed by atoms with van der Waals surface area (Å²) in [7, 11) is 0. The Bertz CT molecular complexity index is 1090. The third kappa shape index (κ3) is 3.25. The zero-order chi connectivity index (χ0) is 19.7. The van der Waals surface area contributed by atoms with Crippen molar-refractivity contribution in [3.63, 3.8) is 0 Å². The van der Waals surface area contributed by atoms with Crippen molar-refractivity contribution in [2.24, 2.45) is 0 Å². The van der Waals surface area contributed by atoms with Gasteiger partial charge in [0.1, 0.15) is 17.1 Å². The van der Waals surface area contributed by atoms with Crippen LogP contribution in [0.5, 0.6) is 0 Å². The number of aryl methyl sites for hydroxylation is 1. The number of benzene rings is 2.